The predicted molar refractivity (Wildman–Crippen MR) is 133 cm³/mol. The van der Waals surface area contributed by atoms with Crippen LogP contribution in [-0.4, -0.2) is 31.2 Å². The fraction of sp³-hybridized carbons (Fsp3) is 0.167. The van der Waals surface area contributed by atoms with E-state index >= 15 is 0 Å². The van der Waals surface area contributed by atoms with Crippen LogP contribution < -0.4 is 11.6 Å². The molecule has 0 saturated heterocycles. The molecule has 1 atom stereocenters. The van der Waals surface area contributed by atoms with Gasteiger partial charge in [0.1, 0.15) is 5.76 Å². The lowest BCUT2D eigenvalue weighted by atomic mass is 10.1. The second-order valence-electron chi connectivity index (χ2n) is 7.61. The van der Waals surface area contributed by atoms with Gasteiger partial charge in [0.25, 0.3) is 5.90 Å². The van der Waals surface area contributed by atoms with Crippen molar-refractivity contribution in [3.05, 3.63) is 78.1 Å². The lowest BCUT2D eigenvalue weighted by Crippen LogP contribution is -2.15. The number of hydrogen-bond donors (Lipinski definition) is 2. The van der Waals surface area contributed by atoms with Gasteiger partial charge in [-0.3, -0.25) is 4.21 Å². The van der Waals surface area contributed by atoms with Gasteiger partial charge in [0, 0.05) is 21.3 Å². The first-order valence-electron chi connectivity index (χ1n) is 9.94. The maximum absolute atomic E-state index is 12.8. The summed E-state index contributed by atoms with van der Waals surface area (Å²) in [6.07, 6.45) is 1.54. The summed E-state index contributed by atoms with van der Waals surface area (Å²) in [5.74, 6) is 9.92. The van der Waals surface area contributed by atoms with E-state index in [2.05, 4.69) is 27.5 Å². The molecule has 0 aliphatic carbocycles. The fourth-order valence-corrected chi connectivity index (χ4v) is 4.02. The average molecular weight is 450 g/mol. The molecule has 0 bridgehead atoms. The van der Waals surface area contributed by atoms with Gasteiger partial charge in [0.05, 0.1) is 11.9 Å². The van der Waals surface area contributed by atoms with Gasteiger partial charge in [-0.1, -0.05) is 62.4 Å². The molecule has 2 aromatic carbocycles. The van der Waals surface area contributed by atoms with Crippen LogP contribution in [0.3, 0.4) is 0 Å². The van der Waals surface area contributed by atoms with E-state index in [-0.39, 0.29) is 22.7 Å². The summed E-state index contributed by atoms with van der Waals surface area (Å²) in [5.41, 5.74) is 9.41. The highest BCUT2D eigenvalue weighted by molar-refractivity contribution is 8.00. The predicted octanol–water partition coefficient (Wildman–Crippen LogP) is 3.83. The standard InChI is InChI=1S/C24H27N5O2S/c1-15(2)32(5,30)20-12-10-19(11-13-20)21-14-27-23(25)22(28-21)24(29-26)31-17(4)18-8-6-16(3)7-9-18/h6-15H,4-5,26H2,1-3H3,(H2,25,27)/b29-24-. The number of aromatic nitrogens is 2. The number of rotatable bonds is 6. The Morgan fingerprint density at radius 1 is 1.12 bits per heavy atom. The number of anilines is 1. The molecule has 0 aliphatic heterocycles. The number of benzene rings is 2. The molecule has 1 unspecified atom stereocenters. The third-order valence-corrected chi connectivity index (χ3v) is 7.62. The normalized spacial score (nSPS) is 13.6. The SMILES string of the molecule is C=C(O/C(=N\N)c1nc(-c2ccc(S(=C)(=O)C(C)C)cc2)cnc1N)c1ccc(C)cc1. The topological polar surface area (TPSA) is 116 Å². The van der Waals surface area contributed by atoms with E-state index in [1.165, 1.54) is 0 Å². The third-order valence-electron chi connectivity index (χ3n) is 5.02. The second-order valence-corrected chi connectivity index (χ2v) is 10.5. The summed E-state index contributed by atoms with van der Waals surface area (Å²) in [5, 5.41) is 3.64. The highest BCUT2D eigenvalue weighted by Gasteiger charge is 2.17. The van der Waals surface area contributed by atoms with Crippen molar-refractivity contribution in [1.29, 1.82) is 0 Å². The van der Waals surface area contributed by atoms with Crippen molar-refractivity contribution >= 4 is 32.9 Å². The van der Waals surface area contributed by atoms with E-state index in [9.17, 15) is 4.21 Å². The van der Waals surface area contributed by atoms with Crippen LogP contribution in [0.4, 0.5) is 5.82 Å². The molecule has 3 aromatic rings. The molecule has 0 amide bonds. The smallest absolute Gasteiger partial charge is 0.265 e. The number of aryl methyl sites for hydroxylation is 1. The van der Waals surface area contributed by atoms with Crippen LogP contribution >= 0.6 is 0 Å². The van der Waals surface area contributed by atoms with Crippen LogP contribution in [0.15, 0.2) is 71.3 Å². The lowest BCUT2D eigenvalue weighted by molar-refractivity contribution is 0.505. The van der Waals surface area contributed by atoms with E-state index in [0.29, 0.717) is 16.3 Å². The zero-order chi connectivity index (χ0) is 23.5. The van der Waals surface area contributed by atoms with Crippen molar-refractivity contribution in [3.63, 3.8) is 0 Å². The summed E-state index contributed by atoms with van der Waals surface area (Å²) in [4.78, 5) is 9.45. The Hall–Kier alpha value is -3.65. The van der Waals surface area contributed by atoms with Crippen molar-refractivity contribution in [2.45, 2.75) is 30.9 Å². The van der Waals surface area contributed by atoms with Gasteiger partial charge in [-0.05, 0) is 34.4 Å². The van der Waals surface area contributed by atoms with Crippen molar-refractivity contribution in [3.8, 4) is 11.3 Å². The van der Waals surface area contributed by atoms with E-state index in [0.717, 1.165) is 16.7 Å². The quantitative estimate of drug-likeness (QED) is 0.148. The maximum atomic E-state index is 12.8. The van der Waals surface area contributed by atoms with E-state index < -0.39 is 9.52 Å². The Bertz CT molecular complexity index is 1260. The first-order valence-corrected chi connectivity index (χ1v) is 11.7. The highest BCUT2D eigenvalue weighted by atomic mass is 32.2. The van der Waals surface area contributed by atoms with E-state index in [1.54, 1.807) is 18.3 Å². The number of nitrogens with zero attached hydrogens (tertiary/aromatic N) is 3. The van der Waals surface area contributed by atoms with E-state index in [4.69, 9.17) is 16.3 Å². The Morgan fingerprint density at radius 3 is 2.31 bits per heavy atom. The van der Waals surface area contributed by atoms with Crippen molar-refractivity contribution < 1.29 is 8.95 Å². The van der Waals surface area contributed by atoms with Crippen LogP contribution in [0.2, 0.25) is 0 Å². The van der Waals surface area contributed by atoms with Crippen molar-refractivity contribution in [2.24, 2.45) is 10.9 Å². The molecule has 7 nitrogen and oxygen atoms in total. The van der Waals surface area contributed by atoms with Gasteiger partial charge in [-0.15, -0.1) is 5.10 Å². The number of hydrogen-bond acceptors (Lipinski definition) is 7. The Labute approximate surface area is 188 Å². The van der Waals surface area contributed by atoms with Crippen LogP contribution in [0.1, 0.15) is 30.7 Å². The minimum atomic E-state index is -2.37. The van der Waals surface area contributed by atoms with Crippen molar-refractivity contribution in [1.82, 2.24) is 9.97 Å². The molecule has 0 aliphatic rings. The lowest BCUT2D eigenvalue weighted by Gasteiger charge is -2.14. The molecule has 32 heavy (non-hydrogen) atoms. The van der Waals surface area contributed by atoms with Gasteiger partial charge in [0.2, 0.25) is 0 Å². The molecule has 3 rings (SSSR count). The van der Waals surface area contributed by atoms with Gasteiger partial charge >= 0.3 is 0 Å². The maximum Gasteiger partial charge on any atom is 0.265 e. The second kappa shape index (κ2) is 9.23. The summed E-state index contributed by atoms with van der Waals surface area (Å²) in [6, 6.07) is 14.9. The third kappa shape index (κ3) is 4.81. The molecule has 0 fully saturated rings. The van der Waals surface area contributed by atoms with Crippen LogP contribution in [0.5, 0.6) is 0 Å². The van der Waals surface area contributed by atoms with Gasteiger partial charge in [-0.25, -0.2) is 9.97 Å². The molecular weight excluding hydrogens is 422 g/mol. The zero-order valence-electron chi connectivity index (χ0n) is 18.4. The summed E-state index contributed by atoms with van der Waals surface area (Å²) in [6.45, 7) is 9.71. The molecule has 8 heteroatoms. The molecule has 0 radical (unpaired) electrons. The summed E-state index contributed by atoms with van der Waals surface area (Å²) < 4.78 is 18.6. The first-order chi connectivity index (χ1) is 15.1. The molecule has 0 saturated carbocycles. The van der Waals surface area contributed by atoms with Crippen LogP contribution in [0, 0.1) is 6.92 Å². The average Bonchev–Trinajstić information content (AvgIpc) is 2.78. The number of hydrazone groups is 1. The Balaban J connectivity index is 1.90. The molecule has 4 N–H and O–H groups in total. The summed E-state index contributed by atoms with van der Waals surface area (Å²) >= 11 is 0. The largest absolute Gasteiger partial charge is 0.436 e. The number of nitrogens with two attached hydrogens (primary N) is 2. The molecule has 166 valence electrons. The van der Waals surface area contributed by atoms with Gasteiger partial charge < -0.3 is 16.3 Å². The zero-order valence-corrected chi connectivity index (χ0v) is 19.2. The number of ether oxygens (including phenoxy) is 1. The number of nitrogen functional groups attached to an aromatic ring is 1. The fourth-order valence-electron chi connectivity index (χ4n) is 2.87. The Morgan fingerprint density at radius 2 is 1.75 bits per heavy atom. The summed E-state index contributed by atoms with van der Waals surface area (Å²) in [7, 11) is -2.37. The Kier molecular flexibility index (Phi) is 6.64. The molecule has 1 heterocycles. The van der Waals surface area contributed by atoms with Crippen LogP contribution in [-0.2, 0) is 14.3 Å². The first kappa shape index (κ1) is 23.0. The monoisotopic (exact) mass is 449 g/mol. The minimum absolute atomic E-state index is 0.000342. The highest BCUT2D eigenvalue weighted by Crippen LogP contribution is 2.24. The molecular formula is C24H27N5O2S. The van der Waals surface area contributed by atoms with Gasteiger partial charge in [-0.2, -0.15) is 0 Å². The van der Waals surface area contributed by atoms with Crippen molar-refractivity contribution in [2.75, 3.05) is 5.73 Å². The minimum Gasteiger partial charge on any atom is -0.436 e. The van der Waals surface area contributed by atoms with Gasteiger partial charge in [0.15, 0.2) is 11.5 Å². The van der Waals surface area contributed by atoms with E-state index in [1.807, 2.05) is 57.2 Å². The van der Waals surface area contributed by atoms with Crippen LogP contribution in [0.25, 0.3) is 17.0 Å². The molecule has 1 aromatic heterocycles. The molecule has 0 spiro atoms.